The second kappa shape index (κ2) is 12.7. The first-order chi connectivity index (χ1) is 14.2. The first-order valence-electron chi connectivity index (χ1n) is 8.86. The smallest absolute Gasteiger partial charge is 0.325 e. The molecule has 15 heteroatoms. The van der Waals surface area contributed by atoms with E-state index in [0.29, 0.717) is 0 Å². The van der Waals surface area contributed by atoms with Crippen molar-refractivity contribution < 1.29 is 48.9 Å². The Balaban J connectivity index is 5.44. The predicted molar refractivity (Wildman–Crippen MR) is 100 cm³/mol. The van der Waals surface area contributed by atoms with Crippen LogP contribution in [0, 0.1) is 0 Å². The zero-order valence-corrected chi connectivity index (χ0v) is 16.5. The summed E-state index contributed by atoms with van der Waals surface area (Å²) in [5.74, 6) is -8.40. The third kappa shape index (κ3) is 11.1. The molecule has 0 aromatic heterocycles. The molecular weight excluding hydrogens is 422 g/mol. The lowest BCUT2D eigenvalue weighted by atomic mass is 10.1. The largest absolute Gasteiger partial charge is 0.481 e. The molecule has 0 aliphatic rings. The molecule has 0 fully saturated rings. The van der Waals surface area contributed by atoms with E-state index in [-0.39, 0.29) is 12.8 Å². The van der Waals surface area contributed by atoms with Crippen molar-refractivity contribution in [3.8, 4) is 0 Å². The molecule has 0 radical (unpaired) electrons. The monoisotopic (exact) mass is 447 g/mol. The summed E-state index contributed by atoms with van der Waals surface area (Å²) in [5, 5.41) is 32.7. The molecule has 4 atom stereocenters. The number of nitrogens with one attached hydrogen (secondary N) is 3. The molecule has 0 aliphatic heterocycles. The second-order valence-corrected chi connectivity index (χ2v) is 6.50. The maximum atomic E-state index is 12.5. The molecule has 0 aliphatic carbocycles. The number of amides is 4. The number of primary amides is 1. The van der Waals surface area contributed by atoms with E-state index in [1.807, 2.05) is 5.32 Å². The first kappa shape index (κ1) is 27.2. The molecule has 0 saturated heterocycles. The summed E-state index contributed by atoms with van der Waals surface area (Å²) in [6, 6.07) is -6.15. The Morgan fingerprint density at radius 3 is 1.71 bits per heavy atom. The van der Waals surface area contributed by atoms with Gasteiger partial charge in [0, 0.05) is 6.42 Å². The summed E-state index contributed by atoms with van der Waals surface area (Å²) in [4.78, 5) is 80.3. The highest BCUT2D eigenvalue weighted by Gasteiger charge is 2.31. The Kier molecular flexibility index (Phi) is 11.2. The summed E-state index contributed by atoms with van der Waals surface area (Å²) in [7, 11) is 0. The van der Waals surface area contributed by atoms with Gasteiger partial charge in [0.15, 0.2) is 0 Å². The minimum atomic E-state index is -1.74. The summed E-state index contributed by atoms with van der Waals surface area (Å²) < 4.78 is 0. The molecule has 0 aromatic carbocycles. The number of carbonyl (C=O) groups excluding carboxylic acids is 4. The third-order valence-electron chi connectivity index (χ3n) is 3.78. The van der Waals surface area contributed by atoms with Crippen LogP contribution < -0.4 is 27.4 Å². The summed E-state index contributed by atoms with van der Waals surface area (Å²) >= 11 is 0. The fraction of sp³-hybridized carbons (Fsp3) is 0.562. The molecule has 0 bridgehead atoms. The van der Waals surface area contributed by atoms with Gasteiger partial charge in [-0.2, -0.15) is 0 Å². The van der Waals surface area contributed by atoms with E-state index in [2.05, 4.69) is 10.6 Å². The number of hydrogen-bond donors (Lipinski definition) is 8. The average Bonchev–Trinajstić information content (AvgIpc) is 2.62. The van der Waals surface area contributed by atoms with Gasteiger partial charge in [0.1, 0.15) is 18.1 Å². The molecule has 10 N–H and O–H groups in total. The van der Waals surface area contributed by atoms with Crippen LogP contribution in [-0.2, 0) is 33.6 Å². The molecule has 15 nitrogen and oxygen atoms in total. The fourth-order valence-corrected chi connectivity index (χ4v) is 2.15. The topological polar surface area (TPSA) is 268 Å². The van der Waals surface area contributed by atoms with Crippen molar-refractivity contribution in [3.63, 3.8) is 0 Å². The van der Waals surface area contributed by atoms with E-state index < -0.39 is 78.5 Å². The number of hydrogen-bond acceptors (Lipinski definition) is 8. The van der Waals surface area contributed by atoms with Gasteiger partial charge in [0.2, 0.25) is 23.6 Å². The van der Waals surface area contributed by atoms with Gasteiger partial charge in [-0.25, -0.2) is 0 Å². The third-order valence-corrected chi connectivity index (χ3v) is 3.78. The highest BCUT2D eigenvalue weighted by atomic mass is 16.4. The van der Waals surface area contributed by atoms with Crippen LogP contribution in [-0.4, -0.2) is 81.0 Å². The summed E-state index contributed by atoms with van der Waals surface area (Å²) in [6.07, 6.45) is -2.44. The van der Waals surface area contributed by atoms with Crippen LogP contribution in [0.5, 0.6) is 0 Å². The highest BCUT2D eigenvalue weighted by molar-refractivity contribution is 5.96. The van der Waals surface area contributed by atoms with Gasteiger partial charge in [-0.1, -0.05) is 0 Å². The quantitative estimate of drug-likeness (QED) is 0.127. The minimum Gasteiger partial charge on any atom is -0.481 e. The molecule has 0 aromatic rings. The van der Waals surface area contributed by atoms with Crippen molar-refractivity contribution >= 4 is 41.5 Å². The average molecular weight is 447 g/mol. The number of rotatable bonds is 14. The van der Waals surface area contributed by atoms with Crippen molar-refractivity contribution in [3.05, 3.63) is 0 Å². The molecule has 31 heavy (non-hydrogen) atoms. The Bertz CT molecular complexity index is 740. The molecule has 0 spiro atoms. The molecular formula is C16H25N5O10. The van der Waals surface area contributed by atoms with Gasteiger partial charge in [0.05, 0.1) is 18.9 Å². The fourth-order valence-electron chi connectivity index (χ4n) is 2.15. The van der Waals surface area contributed by atoms with Gasteiger partial charge in [-0.05, 0) is 13.3 Å². The number of nitrogens with two attached hydrogens (primary N) is 2. The van der Waals surface area contributed by atoms with Gasteiger partial charge in [-0.3, -0.25) is 33.6 Å². The van der Waals surface area contributed by atoms with Gasteiger partial charge >= 0.3 is 17.9 Å². The Hall–Kier alpha value is -3.75. The molecule has 0 rings (SSSR count). The van der Waals surface area contributed by atoms with Crippen molar-refractivity contribution in [2.24, 2.45) is 11.5 Å². The molecule has 0 saturated carbocycles. The van der Waals surface area contributed by atoms with E-state index in [1.54, 1.807) is 0 Å². The molecule has 0 heterocycles. The predicted octanol–water partition coefficient (Wildman–Crippen LogP) is -3.91. The molecule has 174 valence electrons. The van der Waals surface area contributed by atoms with Crippen LogP contribution >= 0.6 is 0 Å². The first-order valence-corrected chi connectivity index (χ1v) is 8.86. The highest BCUT2D eigenvalue weighted by Crippen LogP contribution is 2.03. The van der Waals surface area contributed by atoms with E-state index >= 15 is 0 Å². The molecule has 4 amide bonds. The lowest BCUT2D eigenvalue weighted by Gasteiger charge is -2.23. The van der Waals surface area contributed by atoms with Gasteiger partial charge < -0.3 is 42.7 Å². The van der Waals surface area contributed by atoms with Gasteiger partial charge in [0.25, 0.3) is 0 Å². The zero-order valence-electron chi connectivity index (χ0n) is 16.5. The SMILES string of the molecule is CC(NC(=O)C(CCC(N)=O)NC(=O)C(CC(=O)O)NC(=O)C(N)CC(=O)O)C(=O)O. The van der Waals surface area contributed by atoms with Gasteiger partial charge in [-0.15, -0.1) is 0 Å². The lowest BCUT2D eigenvalue weighted by molar-refractivity contribution is -0.143. The van der Waals surface area contributed by atoms with Crippen molar-refractivity contribution in [2.45, 2.75) is 56.8 Å². The van der Waals surface area contributed by atoms with E-state index in [4.69, 9.17) is 26.8 Å². The van der Waals surface area contributed by atoms with Crippen LogP contribution in [0.4, 0.5) is 0 Å². The Morgan fingerprint density at radius 1 is 0.774 bits per heavy atom. The number of carboxylic acids is 3. The Labute approximate surface area is 175 Å². The maximum absolute atomic E-state index is 12.5. The van der Waals surface area contributed by atoms with E-state index in [1.165, 1.54) is 0 Å². The molecule has 4 unspecified atom stereocenters. The Morgan fingerprint density at radius 2 is 1.26 bits per heavy atom. The van der Waals surface area contributed by atoms with Crippen LogP contribution in [0.1, 0.15) is 32.6 Å². The minimum absolute atomic E-state index is 0.342. The van der Waals surface area contributed by atoms with Crippen LogP contribution in [0.3, 0.4) is 0 Å². The lowest BCUT2D eigenvalue weighted by Crippen LogP contribution is -2.57. The van der Waals surface area contributed by atoms with Crippen molar-refractivity contribution in [1.82, 2.24) is 16.0 Å². The number of carboxylic acid groups (broad SMARTS) is 3. The van der Waals surface area contributed by atoms with Crippen LogP contribution in [0.25, 0.3) is 0 Å². The maximum Gasteiger partial charge on any atom is 0.325 e. The second-order valence-electron chi connectivity index (χ2n) is 6.50. The van der Waals surface area contributed by atoms with Crippen LogP contribution in [0.2, 0.25) is 0 Å². The van der Waals surface area contributed by atoms with Crippen LogP contribution in [0.15, 0.2) is 0 Å². The van der Waals surface area contributed by atoms with E-state index in [0.717, 1.165) is 6.92 Å². The number of carbonyl (C=O) groups is 7. The van der Waals surface area contributed by atoms with E-state index in [9.17, 15) is 33.6 Å². The number of aliphatic carboxylic acids is 3. The van der Waals surface area contributed by atoms with Crippen molar-refractivity contribution in [2.75, 3.05) is 0 Å². The van der Waals surface area contributed by atoms with Crippen molar-refractivity contribution in [1.29, 1.82) is 0 Å². The zero-order chi connectivity index (χ0) is 24.3. The summed E-state index contributed by atoms with van der Waals surface area (Å²) in [5.41, 5.74) is 10.4. The normalized spacial score (nSPS) is 14.3. The summed E-state index contributed by atoms with van der Waals surface area (Å²) in [6.45, 7) is 1.14. The standard InChI is InChI=1S/C16H25N5O10/c1-6(16(30)31)19-14(28)8(2-3-10(18)22)20-15(29)9(5-12(25)26)21-13(27)7(17)4-11(23)24/h6-9H,2-5,17H2,1H3,(H2,18,22)(H,19,28)(H,20,29)(H,21,27)(H,23,24)(H,25,26)(H,30,31).